The molecule has 0 aliphatic carbocycles. The zero-order chi connectivity index (χ0) is 32.1. The lowest BCUT2D eigenvalue weighted by atomic mass is 9.92. The van der Waals surface area contributed by atoms with Crippen molar-refractivity contribution in [3.63, 3.8) is 0 Å². The van der Waals surface area contributed by atoms with E-state index in [1.54, 1.807) is 25.7 Å². The first kappa shape index (κ1) is 33.4. The first-order valence-corrected chi connectivity index (χ1v) is 14.8. The summed E-state index contributed by atoms with van der Waals surface area (Å²) in [6.07, 6.45) is -0.470. The Bertz CT molecular complexity index is 1430. The minimum absolute atomic E-state index is 0.226. The number of ether oxygens (including phenoxy) is 1. The predicted molar refractivity (Wildman–Crippen MR) is 173 cm³/mol. The van der Waals surface area contributed by atoms with Gasteiger partial charge in [-0.1, -0.05) is 66.7 Å². The summed E-state index contributed by atoms with van der Waals surface area (Å²) in [5, 5.41) is 5.96. The summed E-state index contributed by atoms with van der Waals surface area (Å²) in [6.45, 7) is 18.9. The van der Waals surface area contributed by atoms with Gasteiger partial charge in [0.25, 0.3) is 5.91 Å². The van der Waals surface area contributed by atoms with Gasteiger partial charge in [0.05, 0.1) is 0 Å². The zero-order valence-electron chi connectivity index (χ0n) is 27.3. The number of para-hydroxylation sites is 1. The largest absolute Gasteiger partial charge is 0.444 e. The molecular formula is C36H47N3O4. The summed E-state index contributed by atoms with van der Waals surface area (Å²) in [5.74, 6) is -0.721. The summed E-state index contributed by atoms with van der Waals surface area (Å²) in [5.41, 5.74) is 4.67. The molecule has 0 radical (unpaired) electrons. The van der Waals surface area contributed by atoms with E-state index in [2.05, 4.69) is 10.6 Å². The molecule has 0 saturated heterocycles. The Morgan fingerprint density at radius 3 is 1.91 bits per heavy atom. The second-order valence-corrected chi connectivity index (χ2v) is 13.3. The van der Waals surface area contributed by atoms with Gasteiger partial charge in [0.15, 0.2) is 0 Å². The highest BCUT2D eigenvalue weighted by atomic mass is 16.6. The Labute approximate surface area is 257 Å². The Morgan fingerprint density at radius 2 is 1.37 bits per heavy atom. The van der Waals surface area contributed by atoms with E-state index in [1.165, 1.54) is 0 Å². The van der Waals surface area contributed by atoms with E-state index in [0.29, 0.717) is 5.56 Å². The van der Waals surface area contributed by atoms with E-state index < -0.39 is 29.3 Å². The Kier molecular flexibility index (Phi) is 10.4. The molecule has 0 fully saturated rings. The van der Waals surface area contributed by atoms with Crippen molar-refractivity contribution in [1.29, 1.82) is 0 Å². The third-order valence-corrected chi connectivity index (χ3v) is 7.31. The lowest BCUT2D eigenvalue weighted by Crippen LogP contribution is -2.58. The monoisotopic (exact) mass is 585 g/mol. The van der Waals surface area contributed by atoms with Gasteiger partial charge in [0.2, 0.25) is 5.91 Å². The number of carbonyl (C=O) groups excluding carboxylic acids is 3. The molecule has 230 valence electrons. The standard InChI is InChI=1S/C36H47N3O4/c1-23-19-20-28(21-26(23)4)31(32(40)38-30-24(2)15-14-16-25(30)3)39(35(5,6)7)33(41)29(22-27-17-12-11-13-18-27)37-34(42)43-36(8,9)10/h11-21,29,31H,22H2,1-10H3,(H,37,42)(H,38,40). The molecule has 0 bridgehead atoms. The molecule has 7 nitrogen and oxygen atoms in total. The fraction of sp³-hybridized carbons (Fsp3) is 0.417. The van der Waals surface area contributed by atoms with Crippen molar-refractivity contribution in [2.75, 3.05) is 5.32 Å². The molecule has 0 aliphatic heterocycles. The van der Waals surface area contributed by atoms with Gasteiger partial charge >= 0.3 is 6.09 Å². The molecule has 0 aliphatic rings. The smallest absolute Gasteiger partial charge is 0.408 e. The topological polar surface area (TPSA) is 87.7 Å². The summed E-state index contributed by atoms with van der Waals surface area (Å²) in [4.78, 5) is 43.7. The molecule has 2 atom stereocenters. The van der Waals surface area contributed by atoms with E-state index >= 15 is 0 Å². The molecule has 3 aromatic rings. The van der Waals surface area contributed by atoms with Gasteiger partial charge < -0.3 is 20.3 Å². The van der Waals surface area contributed by atoms with Crippen molar-refractivity contribution in [3.8, 4) is 0 Å². The van der Waals surface area contributed by atoms with Gasteiger partial charge in [-0.05, 0) is 103 Å². The van der Waals surface area contributed by atoms with Crippen molar-refractivity contribution in [2.45, 2.75) is 98.9 Å². The molecule has 0 heterocycles. The van der Waals surface area contributed by atoms with Crippen molar-refractivity contribution in [1.82, 2.24) is 10.2 Å². The van der Waals surface area contributed by atoms with Gasteiger partial charge in [0, 0.05) is 17.6 Å². The minimum atomic E-state index is -0.987. The second-order valence-electron chi connectivity index (χ2n) is 13.3. The molecule has 3 aromatic carbocycles. The number of hydrogen-bond acceptors (Lipinski definition) is 4. The van der Waals surface area contributed by atoms with Crippen LogP contribution in [0.2, 0.25) is 0 Å². The maximum atomic E-state index is 14.7. The third-order valence-electron chi connectivity index (χ3n) is 7.31. The Morgan fingerprint density at radius 1 is 0.767 bits per heavy atom. The van der Waals surface area contributed by atoms with Crippen LogP contribution in [0.1, 0.15) is 81.0 Å². The van der Waals surface area contributed by atoms with Crippen LogP contribution in [0.15, 0.2) is 66.7 Å². The molecule has 3 amide bonds. The van der Waals surface area contributed by atoms with E-state index in [-0.39, 0.29) is 18.2 Å². The second kappa shape index (κ2) is 13.4. The highest BCUT2D eigenvalue weighted by Crippen LogP contribution is 2.33. The summed E-state index contributed by atoms with van der Waals surface area (Å²) in [6, 6.07) is 19.2. The van der Waals surface area contributed by atoms with Crippen LogP contribution in [0.5, 0.6) is 0 Å². The predicted octanol–water partition coefficient (Wildman–Crippen LogP) is 7.36. The first-order valence-electron chi connectivity index (χ1n) is 14.8. The van der Waals surface area contributed by atoms with Gasteiger partial charge in [-0.2, -0.15) is 0 Å². The highest BCUT2D eigenvalue weighted by molar-refractivity contribution is 6.00. The number of rotatable bonds is 8. The van der Waals surface area contributed by atoms with Crippen LogP contribution in [0.3, 0.4) is 0 Å². The SMILES string of the molecule is Cc1ccc(C(C(=O)Nc2c(C)cccc2C)N(C(=O)C(Cc2ccccc2)NC(=O)OC(C)(C)C)C(C)(C)C)cc1C. The lowest BCUT2D eigenvalue weighted by molar-refractivity contribution is -0.146. The van der Waals surface area contributed by atoms with Crippen LogP contribution in [0.4, 0.5) is 10.5 Å². The van der Waals surface area contributed by atoms with Crippen LogP contribution in [0, 0.1) is 27.7 Å². The number of benzene rings is 3. The molecule has 0 spiro atoms. The Hall–Kier alpha value is -4.13. The van der Waals surface area contributed by atoms with Crippen molar-refractivity contribution >= 4 is 23.6 Å². The van der Waals surface area contributed by atoms with Crippen molar-refractivity contribution in [3.05, 3.63) is 100 Å². The van der Waals surface area contributed by atoms with E-state index in [4.69, 9.17) is 4.74 Å². The van der Waals surface area contributed by atoms with Crippen LogP contribution >= 0.6 is 0 Å². The quantitative estimate of drug-likeness (QED) is 0.289. The number of anilines is 1. The maximum absolute atomic E-state index is 14.7. The normalized spacial score (nSPS) is 13.1. The van der Waals surface area contributed by atoms with E-state index in [1.807, 2.05) is 115 Å². The van der Waals surface area contributed by atoms with Crippen LogP contribution < -0.4 is 10.6 Å². The summed E-state index contributed by atoms with van der Waals surface area (Å²) >= 11 is 0. The average Bonchev–Trinajstić information content (AvgIpc) is 2.89. The molecular weight excluding hydrogens is 538 g/mol. The highest BCUT2D eigenvalue weighted by Gasteiger charge is 2.42. The Balaban J connectivity index is 2.15. The number of hydrogen-bond donors (Lipinski definition) is 2. The van der Waals surface area contributed by atoms with Gasteiger partial charge in [-0.3, -0.25) is 9.59 Å². The molecule has 0 aromatic heterocycles. The third kappa shape index (κ3) is 8.93. The van der Waals surface area contributed by atoms with Gasteiger partial charge in [-0.25, -0.2) is 4.79 Å². The molecule has 2 N–H and O–H groups in total. The number of nitrogens with zero attached hydrogens (tertiary/aromatic N) is 1. The number of amides is 3. The molecule has 7 heteroatoms. The zero-order valence-corrected chi connectivity index (χ0v) is 27.3. The molecule has 0 saturated carbocycles. The van der Waals surface area contributed by atoms with Crippen LogP contribution in [-0.2, 0) is 20.7 Å². The number of alkyl carbamates (subject to hydrolysis) is 1. The fourth-order valence-electron chi connectivity index (χ4n) is 5.07. The van der Waals surface area contributed by atoms with Crippen molar-refractivity contribution < 1.29 is 19.1 Å². The van der Waals surface area contributed by atoms with Crippen molar-refractivity contribution in [2.24, 2.45) is 0 Å². The molecule has 43 heavy (non-hydrogen) atoms. The average molecular weight is 586 g/mol. The first-order chi connectivity index (χ1) is 20.0. The minimum Gasteiger partial charge on any atom is -0.444 e. The van der Waals surface area contributed by atoms with Crippen LogP contribution in [-0.4, -0.2) is 40.0 Å². The van der Waals surface area contributed by atoms with Gasteiger partial charge in [-0.15, -0.1) is 0 Å². The number of aryl methyl sites for hydroxylation is 4. The number of carbonyl (C=O) groups is 3. The van der Waals surface area contributed by atoms with E-state index in [0.717, 1.165) is 33.5 Å². The summed E-state index contributed by atoms with van der Waals surface area (Å²) < 4.78 is 5.55. The number of nitrogens with one attached hydrogen (secondary N) is 2. The molecule has 3 rings (SSSR count). The van der Waals surface area contributed by atoms with Crippen LogP contribution in [0.25, 0.3) is 0 Å². The lowest BCUT2D eigenvalue weighted by Gasteiger charge is -2.43. The molecule has 2 unspecified atom stereocenters. The summed E-state index contributed by atoms with van der Waals surface area (Å²) in [7, 11) is 0. The van der Waals surface area contributed by atoms with E-state index in [9.17, 15) is 14.4 Å². The van der Waals surface area contributed by atoms with Gasteiger partial charge in [0.1, 0.15) is 17.7 Å². The maximum Gasteiger partial charge on any atom is 0.408 e. The fourth-order valence-corrected chi connectivity index (χ4v) is 5.07.